The Morgan fingerprint density at radius 3 is 1.42 bits per heavy atom. The van der Waals surface area contributed by atoms with Gasteiger partial charge in [0.25, 0.3) is 0 Å². The van der Waals surface area contributed by atoms with E-state index in [0.717, 1.165) is 39.3 Å². The second-order valence-corrected chi connectivity index (χ2v) is 15.6. The molecule has 0 saturated carbocycles. The molecule has 2 aliphatic rings. The molecule has 0 aromatic heterocycles. The molecular formula is C57H37NO. The first-order valence-corrected chi connectivity index (χ1v) is 20.3. The summed E-state index contributed by atoms with van der Waals surface area (Å²) >= 11 is 0. The number of para-hydroxylation sites is 1. The van der Waals surface area contributed by atoms with Crippen LogP contribution >= 0.6 is 0 Å². The molecule has 1 aliphatic carbocycles. The van der Waals surface area contributed by atoms with Gasteiger partial charge in [0.05, 0.1) is 5.41 Å². The van der Waals surface area contributed by atoms with Crippen molar-refractivity contribution in [2.75, 3.05) is 4.90 Å². The van der Waals surface area contributed by atoms with Crippen LogP contribution in [0.15, 0.2) is 224 Å². The molecule has 276 valence electrons. The van der Waals surface area contributed by atoms with E-state index in [1.165, 1.54) is 66.4 Å². The summed E-state index contributed by atoms with van der Waals surface area (Å²) < 4.78 is 7.17. The lowest BCUT2D eigenvalue weighted by atomic mass is 9.65. The lowest BCUT2D eigenvalue weighted by Gasteiger charge is -2.40. The summed E-state index contributed by atoms with van der Waals surface area (Å²) in [7, 11) is 0. The van der Waals surface area contributed by atoms with Gasteiger partial charge in [-0.3, -0.25) is 0 Å². The second kappa shape index (κ2) is 13.2. The number of hydrogen-bond acceptors (Lipinski definition) is 2. The van der Waals surface area contributed by atoms with E-state index in [1.54, 1.807) is 0 Å². The molecule has 0 radical (unpaired) electrons. The van der Waals surface area contributed by atoms with Crippen molar-refractivity contribution in [3.05, 3.63) is 247 Å². The monoisotopic (exact) mass is 751 g/mol. The van der Waals surface area contributed by atoms with E-state index in [9.17, 15) is 0 Å². The van der Waals surface area contributed by atoms with Crippen LogP contribution in [0.25, 0.3) is 54.9 Å². The number of ether oxygens (including phenoxy) is 1. The van der Waals surface area contributed by atoms with Crippen LogP contribution in [0.2, 0.25) is 0 Å². The lowest BCUT2D eigenvalue weighted by Crippen LogP contribution is -2.32. The Hall–Kier alpha value is -7.68. The Balaban J connectivity index is 1.04. The molecule has 0 amide bonds. The molecule has 0 atom stereocenters. The Bertz CT molecular complexity index is 3140. The fraction of sp³-hybridized carbons (Fsp3) is 0.0175. The standard InChI is InChI=1S/C57H37NO/c1-3-14-38(15-4-1)39-26-32-44(33-27-39)58(43-18-5-2-6-19-43)45-34-28-42(29-35-45)46-23-13-25-51-54(46)49-22-11-12-24-50(49)57(51)52-36-30-40-16-7-9-20-47(40)55(52)59-56-48-21-10-8-17-41(48)31-37-53(56)57/h1-37H. The molecular weight excluding hydrogens is 715 g/mol. The van der Waals surface area contributed by atoms with E-state index in [4.69, 9.17) is 4.74 Å². The highest BCUT2D eigenvalue weighted by molar-refractivity contribution is 6.02. The van der Waals surface area contributed by atoms with E-state index in [0.29, 0.717) is 0 Å². The first-order valence-electron chi connectivity index (χ1n) is 20.3. The van der Waals surface area contributed by atoms with Crippen molar-refractivity contribution in [2.24, 2.45) is 0 Å². The van der Waals surface area contributed by atoms with Gasteiger partial charge in [0.2, 0.25) is 0 Å². The molecule has 0 bridgehead atoms. The van der Waals surface area contributed by atoms with Gasteiger partial charge < -0.3 is 9.64 Å². The van der Waals surface area contributed by atoms with Crippen molar-refractivity contribution in [1.29, 1.82) is 0 Å². The summed E-state index contributed by atoms with van der Waals surface area (Å²) in [5.41, 5.74) is 15.0. The summed E-state index contributed by atoms with van der Waals surface area (Å²) in [5.74, 6) is 1.87. The number of nitrogens with zero attached hydrogens (tertiary/aromatic N) is 1. The zero-order valence-electron chi connectivity index (χ0n) is 32.2. The van der Waals surface area contributed by atoms with Crippen LogP contribution in [-0.4, -0.2) is 0 Å². The number of fused-ring (bicyclic) bond motifs is 13. The van der Waals surface area contributed by atoms with Gasteiger partial charge in [-0.15, -0.1) is 0 Å². The van der Waals surface area contributed by atoms with Crippen LogP contribution in [0.5, 0.6) is 11.5 Å². The van der Waals surface area contributed by atoms with Gasteiger partial charge in [0.15, 0.2) is 0 Å². The number of hydrogen-bond donors (Lipinski definition) is 0. The molecule has 0 fully saturated rings. The highest BCUT2D eigenvalue weighted by Crippen LogP contribution is 2.65. The minimum absolute atomic E-state index is 0.588. The van der Waals surface area contributed by atoms with Gasteiger partial charge in [-0.25, -0.2) is 0 Å². The fourth-order valence-electron chi connectivity index (χ4n) is 9.94. The van der Waals surface area contributed by atoms with Crippen LogP contribution in [0.3, 0.4) is 0 Å². The van der Waals surface area contributed by atoms with Gasteiger partial charge in [-0.05, 0) is 91.7 Å². The molecule has 2 heteroatoms. The highest BCUT2D eigenvalue weighted by atomic mass is 16.5. The summed E-state index contributed by atoms with van der Waals surface area (Å²) in [4.78, 5) is 2.34. The molecule has 1 heterocycles. The molecule has 2 nitrogen and oxygen atoms in total. The van der Waals surface area contributed by atoms with Crippen LogP contribution in [0, 0.1) is 0 Å². The van der Waals surface area contributed by atoms with Crippen molar-refractivity contribution in [3.63, 3.8) is 0 Å². The van der Waals surface area contributed by atoms with Gasteiger partial charge in [-0.1, -0.05) is 188 Å². The van der Waals surface area contributed by atoms with Crippen LogP contribution in [-0.2, 0) is 5.41 Å². The van der Waals surface area contributed by atoms with Crippen LogP contribution < -0.4 is 9.64 Å². The molecule has 1 aliphatic heterocycles. The van der Waals surface area contributed by atoms with Gasteiger partial charge in [0.1, 0.15) is 11.5 Å². The Kier molecular flexibility index (Phi) is 7.48. The van der Waals surface area contributed by atoms with Crippen molar-refractivity contribution < 1.29 is 4.74 Å². The predicted molar refractivity (Wildman–Crippen MR) is 244 cm³/mol. The Morgan fingerprint density at radius 2 is 0.780 bits per heavy atom. The lowest BCUT2D eigenvalue weighted by molar-refractivity contribution is 0.447. The summed E-state index contributed by atoms with van der Waals surface area (Å²) in [6, 6.07) is 81.5. The average Bonchev–Trinajstić information content (AvgIpc) is 3.61. The maximum atomic E-state index is 7.17. The number of rotatable bonds is 5. The molecule has 0 N–H and O–H groups in total. The zero-order chi connectivity index (χ0) is 38.9. The predicted octanol–water partition coefficient (Wildman–Crippen LogP) is 15.3. The summed E-state index contributed by atoms with van der Waals surface area (Å²) in [6.07, 6.45) is 0. The fourth-order valence-corrected chi connectivity index (χ4v) is 9.94. The van der Waals surface area contributed by atoms with E-state index < -0.39 is 5.41 Å². The second-order valence-electron chi connectivity index (χ2n) is 15.6. The van der Waals surface area contributed by atoms with Crippen molar-refractivity contribution in [2.45, 2.75) is 5.41 Å². The maximum absolute atomic E-state index is 7.17. The van der Waals surface area contributed by atoms with Crippen molar-refractivity contribution >= 4 is 38.6 Å². The van der Waals surface area contributed by atoms with E-state index >= 15 is 0 Å². The maximum Gasteiger partial charge on any atom is 0.140 e. The van der Waals surface area contributed by atoms with Crippen molar-refractivity contribution in [3.8, 4) is 44.9 Å². The molecule has 0 saturated heterocycles. The topological polar surface area (TPSA) is 12.5 Å². The molecule has 59 heavy (non-hydrogen) atoms. The minimum atomic E-state index is -0.588. The quantitative estimate of drug-likeness (QED) is 0.174. The van der Waals surface area contributed by atoms with E-state index in [1.807, 2.05) is 0 Å². The number of benzene rings is 10. The zero-order valence-corrected chi connectivity index (χ0v) is 32.2. The third kappa shape index (κ3) is 5.00. The van der Waals surface area contributed by atoms with Gasteiger partial charge in [0, 0.05) is 39.0 Å². The summed E-state index contributed by atoms with van der Waals surface area (Å²) in [6.45, 7) is 0. The average molecular weight is 752 g/mol. The normalized spacial score (nSPS) is 13.0. The Morgan fingerprint density at radius 1 is 0.305 bits per heavy atom. The highest BCUT2D eigenvalue weighted by Gasteiger charge is 2.52. The number of anilines is 3. The van der Waals surface area contributed by atoms with Crippen molar-refractivity contribution in [1.82, 2.24) is 0 Å². The van der Waals surface area contributed by atoms with Gasteiger partial charge >= 0.3 is 0 Å². The first-order chi connectivity index (χ1) is 29.3. The Labute approximate surface area is 343 Å². The first kappa shape index (κ1) is 33.5. The molecule has 12 rings (SSSR count). The largest absolute Gasteiger partial charge is 0.455 e. The third-order valence-corrected chi connectivity index (χ3v) is 12.5. The third-order valence-electron chi connectivity index (χ3n) is 12.5. The van der Waals surface area contributed by atoms with E-state index in [2.05, 4.69) is 229 Å². The van der Waals surface area contributed by atoms with E-state index in [-0.39, 0.29) is 0 Å². The summed E-state index contributed by atoms with van der Waals surface area (Å²) in [5, 5.41) is 4.58. The molecule has 10 aromatic rings. The molecule has 0 unspecified atom stereocenters. The molecule has 10 aromatic carbocycles. The van der Waals surface area contributed by atoms with Crippen LogP contribution in [0.1, 0.15) is 22.3 Å². The molecule has 1 spiro atoms. The smallest absolute Gasteiger partial charge is 0.140 e. The minimum Gasteiger partial charge on any atom is -0.455 e. The van der Waals surface area contributed by atoms with Crippen LogP contribution in [0.4, 0.5) is 17.1 Å². The van der Waals surface area contributed by atoms with Gasteiger partial charge in [-0.2, -0.15) is 0 Å². The SMILES string of the molecule is c1ccc(-c2ccc(N(c3ccccc3)c3ccc(-c4cccc5c4-c4ccccc4C54c5ccc6ccccc6c5Oc5c4ccc4ccccc54)cc3)cc2)cc1.